The zero-order valence-electron chi connectivity index (χ0n) is 12.3. The van der Waals surface area contributed by atoms with E-state index in [0.717, 1.165) is 29.4 Å². The van der Waals surface area contributed by atoms with Gasteiger partial charge in [0, 0.05) is 24.6 Å². The number of hydrogen-bond acceptors (Lipinski definition) is 5. The van der Waals surface area contributed by atoms with E-state index >= 15 is 0 Å². The molecule has 0 saturated carbocycles. The second kappa shape index (κ2) is 5.26. The fraction of sp³-hybridized carbons (Fsp3) is 0.235. The fourth-order valence-corrected chi connectivity index (χ4v) is 2.73. The Morgan fingerprint density at radius 3 is 2.64 bits per heavy atom. The predicted octanol–water partition coefficient (Wildman–Crippen LogP) is 3.30. The molecule has 2 N–H and O–H groups in total. The molecule has 0 radical (unpaired) electrons. The Hall–Kier alpha value is -2.69. The lowest BCUT2D eigenvalue weighted by atomic mass is 9.96. The van der Waals surface area contributed by atoms with Crippen LogP contribution in [0, 0.1) is 0 Å². The molecule has 0 amide bonds. The van der Waals surface area contributed by atoms with E-state index in [1.54, 1.807) is 7.11 Å². The summed E-state index contributed by atoms with van der Waals surface area (Å²) in [6, 6.07) is 3.82. The van der Waals surface area contributed by atoms with Crippen molar-refractivity contribution in [1.82, 2.24) is 0 Å². The van der Waals surface area contributed by atoms with Gasteiger partial charge in [-0.15, -0.1) is 0 Å². The van der Waals surface area contributed by atoms with Crippen LogP contribution in [0.25, 0.3) is 16.5 Å². The van der Waals surface area contributed by atoms with Crippen LogP contribution >= 0.6 is 0 Å². The van der Waals surface area contributed by atoms with E-state index in [0.29, 0.717) is 12.2 Å². The topological polar surface area (TPSA) is 79.9 Å². The van der Waals surface area contributed by atoms with Gasteiger partial charge in [0.25, 0.3) is 0 Å². The minimum atomic E-state index is -0.339. The maximum atomic E-state index is 12.2. The van der Waals surface area contributed by atoms with Gasteiger partial charge in [-0.25, -0.2) is 0 Å². The summed E-state index contributed by atoms with van der Waals surface area (Å²) in [5.41, 5.74) is 1.71. The van der Waals surface area contributed by atoms with Crippen molar-refractivity contribution in [3.05, 3.63) is 51.6 Å². The summed E-state index contributed by atoms with van der Waals surface area (Å²) in [7, 11) is 1.64. The SMILES string of the molecule is COC1=C(C)C=C(c2cc(=O)c3c(O)cc(O)cc3o2)CC1. The lowest BCUT2D eigenvalue weighted by Crippen LogP contribution is -2.05. The predicted molar refractivity (Wildman–Crippen MR) is 82.7 cm³/mol. The molecule has 0 aliphatic heterocycles. The van der Waals surface area contributed by atoms with Crippen LogP contribution in [-0.4, -0.2) is 17.3 Å². The highest BCUT2D eigenvalue weighted by Gasteiger charge is 2.17. The highest BCUT2D eigenvalue weighted by atomic mass is 16.5. The van der Waals surface area contributed by atoms with E-state index < -0.39 is 0 Å². The number of phenolic OH excluding ortho intramolecular Hbond substituents is 2. The number of allylic oxidation sites excluding steroid dienone is 4. The second-order valence-electron chi connectivity index (χ2n) is 5.29. The molecule has 114 valence electrons. The Labute approximate surface area is 126 Å². The number of methoxy groups -OCH3 is 1. The monoisotopic (exact) mass is 300 g/mol. The first-order chi connectivity index (χ1) is 10.5. The van der Waals surface area contributed by atoms with Crippen LogP contribution in [0.5, 0.6) is 11.5 Å². The summed E-state index contributed by atoms with van der Waals surface area (Å²) in [4.78, 5) is 12.2. The molecule has 0 fully saturated rings. The summed E-state index contributed by atoms with van der Waals surface area (Å²) < 4.78 is 11.0. The van der Waals surface area contributed by atoms with Gasteiger partial charge >= 0.3 is 0 Å². The van der Waals surface area contributed by atoms with E-state index in [-0.39, 0.29) is 27.9 Å². The molecule has 1 heterocycles. The van der Waals surface area contributed by atoms with Crippen LogP contribution in [0.2, 0.25) is 0 Å². The molecule has 1 aliphatic carbocycles. The average molecular weight is 300 g/mol. The maximum Gasteiger partial charge on any atom is 0.197 e. The molecule has 2 aromatic rings. The van der Waals surface area contributed by atoms with Crippen LogP contribution < -0.4 is 5.43 Å². The normalized spacial score (nSPS) is 15.1. The second-order valence-corrected chi connectivity index (χ2v) is 5.29. The van der Waals surface area contributed by atoms with Crippen LogP contribution in [0.3, 0.4) is 0 Å². The van der Waals surface area contributed by atoms with Gasteiger partial charge < -0.3 is 19.4 Å². The van der Waals surface area contributed by atoms with E-state index in [9.17, 15) is 15.0 Å². The Morgan fingerprint density at radius 2 is 1.95 bits per heavy atom. The Morgan fingerprint density at radius 1 is 1.18 bits per heavy atom. The van der Waals surface area contributed by atoms with Crippen LogP contribution in [-0.2, 0) is 4.74 Å². The summed E-state index contributed by atoms with van der Waals surface area (Å²) in [6.07, 6.45) is 3.36. The third-order valence-corrected chi connectivity index (χ3v) is 3.81. The molecule has 0 bridgehead atoms. The summed E-state index contributed by atoms with van der Waals surface area (Å²) in [6.45, 7) is 1.94. The molecular weight excluding hydrogens is 284 g/mol. The minimum absolute atomic E-state index is 0.0720. The largest absolute Gasteiger partial charge is 0.508 e. The van der Waals surface area contributed by atoms with Gasteiger partial charge in [-0.05, 0) is 30.6 Å². The van der Waals surface area contributed by atoms with Crippen molar-refractivity contribution in [2.24, 2.45) is 0 Å². The van der Waals surface area contributed by atoms with Gasteiger partial charge in [0.15, 0.2) is 5.43 Å². The van der Waals surface area contributed by atoms with Gasteiger partial charge in [-0.1, -0.05) is 0 Å². The molecule has 1 aliphatic rings. The summed E-state index contributed by atoms with van der Waals surface area (Å²) in [5.74, 6) is 0.922. The van der Waals surface area contributed by atoms with Gasteiger partial charge in [-0.2, -0.15) is 0 Å². The first kappa shape index (κ1) is 14.3. The number of rotatable bonds is 2. The van der Waals surface area contributed by atoms with E-state index in [1.165, 1.54) is 12.1 Å². The van der Waals surface area contributed by atoms with Gasteiger partial charge in [-0.3, -0.25) is 4.79 Å². The number of ether oxygens (including phenoxy) is 1. The van der Waals surface area contributed by atoms with Crippen LogP contribution in [0.15, 0.2) is 44.8 Å². The van der Waals surface area contributed by atoms with Crippen molar-refractivity contribution < 1.29 is 19.4 Å². The van der Waals surface area contributed by atoms with Crippen molar-refractivity contribution in [3.63, 3.8) is 0 Å². The molecule has 0 saturated heterocycles. The number of aromatic hydroxyl groups is 2. The third-order valence-electron chi connectivity index (χ3n) is 3.81. The highest BCUT2D eigenvalue weighted by molar-refractivity contribution is 5.85. The first-order valence-electron chi connectivity index (χ1n) is 6.94. The van der Waals surface area contributed by atoms with E-state index in [4.69, 9.17) is 9.15 Å². The lowest BCUT2D eigenvalue weighted by Gasteiger charge is -2.17. The molecule has 0 spiro atoms. The number of phenols is 2. The molecule has 5 nitrogen and oxygen atoms in total. The minimum Gasteiger partial charge on any atom is -0.508 e. The molecular formula is C17H16O5. The van der Waals surface area contributed by atoms with Gasteiger partial charge in [0.1, 0.15) is 28.2 Å². The number of hydrogen-bond donors (Lipinski definition) is 2. The van der Waals surface area contributed by atoms with Gasteiger partial charge in [0.05, 0.1) is 12.9 Å². The van der Waals surface area contributed by atoms with Gasteiger partial charge in [0.2, 0.25) is 0 Å². The molecule has 0 atom stereocenters. The van der Waals surface area contributed by atoms with Crippen molar-refractivity contribution in [2.45, 2.75) is 19.8 Å². The van der Waals surface area contributed by atoms with Crippen LogP contribution in [0.4, 0.5) is 0 Å². The molecule has 1 aromatic heterocycles. The highest BCUT2D eigenvalue weighted by Crippen LogP contribution is 2.33. The van der Waals surface area contributed by atoms with Crippen molar-refractivity contribution in [2.75, 3.05) is 7.11 Å². The third kappa shape index (κ3) is 2.35. The summed E-state index contributed by atoms with van der Waals surface area (Å²) >= 11 is 0. The molecule has 5 heteroatoms. The van der Waals surface area contributed by atoms with E-state index in [2.05, 4.69) is 0 Å². The van der Waals surface area contributed by atoms with Crippen LogP contribution in [0.1, 0.15) is 25.5 Å². The lowest BCUT2D eigenvalue weighted by molar-refractivity contribution is 0.273. The Balaban J connectivity index is 2.18. The average Bonchev–Trinajstić information content (AvgIpc) is 2.45. The quantitative estimate of drug-likeness (QED) is 0.889. The standard InChI is InChI=1S/C17H16O5/c1-9-5-10(3-4-14(9)21-2)15-8-13(20)17-12(19)6-11(18)7-16(17)22-15/h5-8,18-19H,3-4H2,1-2H3. The van der Waals surface area contributed by atoms with Crippen molar-refractivity contribution >= 4 is 16.5 Å². The summed E-state index contributed by atoms with van der Waals surface area (Å²) in [5, 5.41) is 19.4. The number of fused-ring (bicyclic) bond motifs is 1. The Kier molecular flexibility index (Phi) is 3.41. The zero-order chi connectivity index (χ0) is 15.9. The zero-order valence-corrected chi connectivity index (χ0v) is 12.3. The van der Waals surface area contributed by atoms with Crippen molar-refractivity contribution in [1.29, 1.82) is 0 Å². The smallest absolute Gasteiger partial charge is 0.197 e. The number of benzene rings is 1. The van der Waals surface area contributed by atoms with E-state index in [1.807, 2.05) is 13.0 Å². The molecule has 22 heavy (non-hydrogen) atoms. The Bertz CT molecular complexity index is 870. The molecule has 0 unspecified atom stereocenters. The van der Waals surface area contributed by atoms with Crippen molar-refractivity contribution in [3.8, 4) is 11.5 Å². The maximum absolute atomic E-state index is 12.2. The fourth-order valence-electron chi connectivity index (χ4n) is 2.73. The first-order valence-corrected chi connectivity index (χ1v) is 6.94. The molecule has 3 rings (SSSR count). The molecule has 1 aromatic carbocycles.